The van der Waals surface area contributed by atoms with E-state index in [0.29, 0.717) is 11.7 Å². The Bertz CT molecular complexity index is 397. The van der Waals surface area contributed by atoms with Crippen molar-refractivity contribution in [2.24, 2.45) is 5.92 Å². The molecule has 17 heavy (non-hydrogen) atoms. The van der Waals surface area contributed by atoms with Crippen molar-refractivity contribution in [3.8, 4) is 5.75 Å². The monoisotopic (exact) mass is 233 g/mol. The molecule has 3 heteroatoms. The number of hydrogen-bond acceptors (Lipinski definition) is 3. The van der Waals surface area contributed by atoms with E-state index >= 15 is 0 Å². The van der Waals surface area contributed by atoms with Gasteiger partial charge in [0, 0.05) is 6.04 Å². The highest BCUT2D eigenvalue weighted by atomic mass is 16.3. The highest BCUT2D eigenvalue weighted by Crippen LogP contribution is 2.34. The van der Waals surface area contributed by atoms with Crippen molar-refractivity contribution in [1.29, 1.82) is 0 Å². The van der Waals surface area contributed by atoms with Crippen LogP contribution in [0.5, 0.6) is 5.75 Å². The van der Waals surface area contributed by atoms with Gasteiger partial charge in [-0.25, -0.2) is 0 Å². The van der Waals surface area contributed by atoms with Crippen LogP contribution in [0.1, 0.15) is 18.4 Å². The largest absolute Gasteiger partial charge is 0.508 e. The Kier molecular flexibility index (Phi) is 2.81. The fourth-order valence-corrected chi connectivity index (χ4v) is 3.28. The lowest BCUT2D eigenvalue weighted by Gasteiger charge is -2.49. The van der Waals surface area contributed by atoms with Crippen molar-refractivity contribution in [2.75, 3.05) is 13.1 Å². The minimum absolute atomic E-state index is 0.191. The van der Waals surface area contributed by atoms with E-state index in [0.717, 1.165) is 37.9 Å². The van der Waals surface area contributed by atoms with Gasteiger partial charge in [-0.2, -0.15) is 0 Å². The number of benzene rings is 1. The Balaban J connectivity index is 1.79. The predicted molar refractivity (Wildman–Crippen MR) is 65.9 cm³/mol. The quantitative estimate of drug-likeness (QED) is 0.811. The predicted octanol–water partition coefficient (Wildman–Crippen LogP) is 1.39. The molecule has 0 aliphatic carbocycles. The summed E-state index contributed by atoms with van der Waals surface area (Å²) in [4.78, 5) is 2.37. The van der Waals surface area contributed by atoms with Gasteiger partial charge in [-0.1, -0.05) is 18.2 Å². The average molecular weight is 233 g/mol. The van der Waals surface area contributed by atoms with Crippen molar-refractivity contribution >= 4 is 0 Å². The number of aromatic hydroxyl groups is 1. The highest BCUT2D eigenvalue weighted by molar-refractivity contribution is 5.32. The minimum atomic E-state index is -0.225. The molecule has 0 saturated carbocycles. The molecule has 3 saturated heterocycles. The Labute approximate surface area is 102 Å². The zero-order valence-corrected chi connectivity index (χ0v) is 9.92. The second-order valence-electron chi connectivity index (χ2n) is 5.26. The van der Waals surface area contributed by atoms with Gasteiger partial charge in [-0.05, 0) is 49.9 Å². The molecule has 0 spiro atoms. The summed E-state index contributed by atoms with van der Waals surface area (Å²) in [6, 6.07) is 7.64. The lowest BCUT2D eigenvalue weighted by Crippen LogP contribution is -2.58. The zero-order chi connectivity index (χ0) is 11.8. The maximum atomic E-state index is 10.3. The SMILES string of the molecule is Oc1ccccc1C[C@H]1[C@H](O)C2CCN1CC2. The fourth-order valence-electron chi connectivity index (χ4n) is 3.28. The van der Waals surface area contributed by atoms with Crippen LogP contribution in [0.4, 0.5) is 0 Å². The molecule has 1 aromatic carbocycles. The number of para-hydroxylation sites is 1. The number of phenolic OH excluding ortho intramolecular Hbond substituents is 1. The minimum Gasteiger partial charge on any atom is -0.508 e. The van der Waals surface area contributed by atoms with Crippen LogP contribution in [0.25, 0.3) is 0 Å². The van der Waals surface area contributed by atoms with Gasteiger partial charge < -0.3 is 10.2 Å². The first-order chi connectivity index (χ1) is 8.25. The van der Waals surface area contributed by atoms with E-state index in [1.54, 1.807) is 6.07 Å². The van der Waals surface area contributed by atoms with Gasteiger partial charge in [-0.3, -0.25) is 4.90 Å². The second-order valence-corrected chi connectivity index (χ2v) is 5.26. The van der Waals surface area contributed by atoms with Crippen molar-refractivity contribution in [2.45, 2.75) is 31.4 Å². The van der Waals surface area contributed by atoms with Gasteiger partial charge in [0.2, 0.25) is 0 Å². The van der Waals surface area contributed by atoms with Crippen LogP contribution in [0.3, 0.4) is 0 Å². The van der Waals surface area contributed by atoms with E-state index in [4.69, 9.17) is 0 Å². The van der Waals surface area contributed by atoms with Crippen LogP contribution in [0, 0.1) is 5.92 Å². The smallest absolute Gasteiger partial charge is 0.118 e. The molecular formula is C14H19NO2. The van der Waals surface area contributed by atoms with Gasteiger partial charge in [-0.15, -0.1) is 0 Å². The molecule has 0 aromatic heterocycles. The summed E-state index contributed by atoms with van der Waals surface area (Å²) >= 11 is 0. The van der Waals surface area contributed by atoms with Crippen LogP contribution in [-0.2, 0) is 6.42 Å². The molecule has 2 atom stereocenters. The van der Waals surface area contributed by atoms with Crippen LogP contribution in [0.2, 0.25) is 0 Å². The van der Waals surface area contributed by atoms with E-state index < -0.39 is 0 Å². The third-order valence-electron chi connectivity index (χ3n) is 4.34. The van der Waals surface area contributed by atoms with Crippen molar-refractivity contribution < 1.29 is 10.2 Å². The normalized spacial score (nSPS) is 36.1. The first-order valence-corrected chi connectivity index (χ1v) is 6.44. The van der Waals surface area contributed by atoms with Crippen molar-refractivity contribution in [3.05, 3.63) is 29.8 Å². The van der Waals surface area contributed by atoms with Gasteiger partial charge in [0.25, 0.3) is 0 Å². The first kappa shape index (κ1) is 11.1. The van der Waals surface area contributed by atoms with Crippen molar-refractivity contribution in [3.63, 3.8) is 0 Å². The van der Waals surface area contributed by atoms with Crippen LogP contribution in [-0.4, -0.2) is 40.3 Å². The number of aliphatic hydroxyl groups excluding tert-OH is 1. The number of aliphatic hydroxyl groups is 1. The summed E-state index contributed by atoms with van der Waals surface area (Å²) in [5.74, 6) is 0.818. The lowest BCUT2D eigenvalue weighted by molar-refractivity contribution is -0.0716. The number of fused-ring (bicyclic) bond motifs is 3. The number of hydrogen-bond donors (Lipinski definition) is 2. The van der Waals surface area contributed by atoms with E-state index in [-0.39, 0.29) is 12.1 Å². The van der Waals surface area contributed by atoms with E-state index in [1.165, 1.54) is 0 Å². The summed E-state index contributed by atoms with van der Waals surface area (Å²) in [6.45, 7) is 2.19. The standard InChI is InChI=1S/C14H19NO2/c16-13-4-2-1-3-11(13)9-12-14(17)10-5-7-15(12)8-6-10/h1-4,10,12,14,16-17H,5-9H2/t12-,14+/m0/s1. The van der Waals surface area contributed by atoms with Gasteiger partial charge in [0.1, 0.15) is 5.75 Å². The Morgan fingerprint density at radius 1 is 1.18 bits per heavy atom. The summed E-state index contributed by atoms with van der Waals surface area (Å²) in [5.41, 5.74) is 0.948. The number of nitrogens with zero attached hydrogens (tertiary/aromatic N) is 1. The molecular weight excluding hydrogens is 214 g/mol. The molecule has 3 aliphatic heterocycles. The third-order valence-corrected chi connectivity index (χ3v) is 4.34. The molecule has 2 N–H and O–H groups in total. The second kappa shape index (κ2) is 4.31. The molecule has 0 unspecified atom stereocenters. The number of rotatable bonds is 2. The Morgan fingerprint density at radius 3 is 2.53 bits per heavy atom. The summed E-state index contributed by atoms with van der Waals surface area (Å²) in [6.07, 6.45) is 2.78. The topological polar surface area (TPSA) is 43.7 Å². The maximum absolute atomic E-state index is 10.3. The fraction of sp³-hybridized carbons (Fsp3) is 0.571. The van der Waals surface area contributed by atoms with E-state index in [2.05, 4.69) is 4.90 Å². The number of piperidine rings is 3. The van der Waals surface area contributed by atoms with Crippen LogP contribution >= 0.6 is 0 Å². The maximum Gasteiger partial charge on any atom is 0.118 e. The first-order valence-electron chi connectivity index (χ1n) is 6.44. The van der Waals surface area contributed by atoms with Gasteiger partial charge >= 0.3 is 0 Å². The van der Waals surface area contributed by atoms with Crippen molar-refractivity contribution in [1.82, 2.24) is 4.90 Å². The molecule has 1 aromatic rings. The summed E-state index contributed by atoms with van der Waals surface area (Å²) in [5, 5.41) is 20.1. The summed E-state index contributed by atoms with van der Waals surface area (Å²) in [7, 11) is 0. The molecule has 4 rings (SSSR count). The summed E-state index contributed by atoms with van der Waals surface area (Å²) < 4.78 is 0. The molecule has 3 nitrogen and oxygen atoms in total. The highest BCUT2D eigenvalue weighted by Gasteiger charge is 2.41. The Hall–Kier alpha value is -1.06. The molecule has 92 valence electrons. The number of phenols is 1. The lowest BCUT2D eigenvalue weighted by atomic mass is 9.78. The molecule has 3 heterocycles. The molecule has 2 bridgehead atoms. The molecule has 3 fully saturated rings. The van der Waals surface area contributed by atoms with Gasteiger partial charge in [0.15, 0.2) is 0 Å². The zero-order valence-electron chi connectivity index (χ0n) is 9.92. The van der Waals surface area contributed by atoms with E-state index in [9.17, 15) is 10.2 Å². The third kappa shape index (κ3) is 1.94. The van der Waals surface area contributed by atoms with Crippen LogP contribution in [0.15, 0.2) is 24.3 Å². The molecule has 0 radical (unpaired) electrons. The van der Waals surface area contributed by atoms with Gasteiger partial charge in [0.05, 0.1) is 6.10 Å². The van der Waals surface area contributed by atoms with E-state index in [1.807, 2.05) is 18.2 Å². The Morgan fingerprint density at radius 2 is 1.88 bits per heavy atom. The molecule has 3 aliphatic rings. The molecule has 0 amide bonds. The van der Waals surface area contributed by atoms with Crippen LogP contribution < -0.4 is 0 Å². The average Bonchev–Trinajstić information content (AvgIpc) is 2.36.